The number of rotatable bonds is 10. The van der Waals surface area contributed by atoms with Gasteiger partial charge < -0.3 is 43.9 Å². The molecule has 5 heterocycles. The molecule has 0 spiro atoms. The Bertz CT molecular complexity index is 1580. The summed E-state index contributed by atoms with van der Waals surface area (Å²) in [5.74, 6) is 0.787. The molecule has 0 radical (unpaired) electrons. The lowest BCUT2D eigenvalue weighted by atomic mass is 9.90. The van der Waals surface area contributed by atoms with Crippen LogP contribution in [0.4, 0.5) is 5.95 Å². The quantitative estimate of drug-likeness (QED) is 0.193. The molecule has 2 fully saturated rings. The zero-order valence-electron chi connectivity index (χ0n) is 26.3. The van der Waals surface area contributed by atoms with E-state index in [0.29, 0.717) is 66.0 Å². The fourth-order valence-electron chi connectivity index (χ4n) is 6.15. The number of aromatic nitrogens is 2. The number of benzene rings is 1. The van der Waals surface area contributed by atoms with Crippen molar-refractivity contribution in [2.24, 2.45) is 5.73 Å². The number of allylic oxidation sites excluding steroid dienone is 3. The highest BCUT2D eigenvalue weighted by molar-refractivity contribution is 5.96. The van der Waals surface area contributed by atoms with Gasteiger partial charge in [0.05, 0.1) is 43.2 Å². The van der Waals surface area contributed by atoms with Crippen molar-refractivity contribution < 1.29 is 38.7 Å². The molecular weight excluding hydrogens is 598 g/mol. The topological polar surface area (TPSA) is 195 Å². The van der Waals surface area contributed by atoms with Gasteiger partial charge in [-0.2, -0.15) is 0 Å². The standard InChI is InChI=1S/C31H41N7O8/c1-5-11-44-24-17-13-20(31(3,4)42)46-23(17)18(14-39)25-21(24)16(12-19(45-25)28(41)43-6-2)7-9-37-10-8-33-30(37)38-15-34-22-26(38)35-29(32)36-27(22)40/h7-8,10,12,20,22,26,29,34-35,39,42H,5-6,9,11,13-15,32H2,1-4H3,(H,36,40). The third kappa shape index (κ3) is 5.69. The smallest absolute Gasteiger partial charge is 0.374 e. The Labute approximate surface area is 266 Å². The molecule has 2 aromatic rings. The second-order valence-corrected chi connectivity index (χ2v) is 12.1. The number of anilines is 1. The Morgan fingerprint density at radius 3 is 2.83 bits per heavy atom. The van der Waals surface area contributed by atoms with Gasteiger partial charge in [-0.3, -0.25) is 21.2 Å². The Morgan fingerprint density at radius 1 is 1.30 bits per heavy atom. The molecule has 2 saturated heterocycles. The van der Waals surface area contributed by atoms with Crippen molar-refractivity contribution in [1.82, 2.24) is 25.5 Å². The van der Waals surface area contributed by atoms with Gasteiger partial charge in [0.1, 0.15) is 41.8 Å². The van der Waals surface area contributed by atoms with Crippen molar-refractivity contribution in [1.29, 1.82) is 0 Å². The molecule has 7 N–H and O–H groups in total. The van der Waals surface area contributed by atoms with Crippen LogP contribution < -0.4 is 40.8 Å². The average molecular weight is 640 g/mol. The van der Waals surface area contributed by atoms with Gasteiger partial charge in [-0.05, 0) is 38.8 Å². The van der Waals surface area contributed by atoms with Gasteiger partial charge in [0.2, 0.25) is 17.6 Å². The molecule has 6 rings (SSSR count). The maximum atomic E-state index is 13.0. The van der Waals surface area contributed by atoms with Crippen LogP contribution in [0.3, 0.4) is 0 Å². The zero-order valence-corrected chi connectivity index (χ0v) is 26.3. The normalized spacial score (nSPS) is 24.4. The van der Waals surface area contributed by atoms with Gasteiger partial charge in [-0.1, -0.05) is 13.0 Å². The number of carbonyl (C=O) groups is 2. The number of imidazole rings is 1. The van der Waals surface area contributed by atoms with E-state index < -0.39 is 42.8 Å². The van der Waals surface area contributed by atoms with Crippen molar-refractivity contribution in [2.75, 3.05) is 24.8 Å². The van der Waals surface area contributed by atoms with E-state index >= 15 is 0 Å². The van der Waals surface area contributed by atoms with Crippen molar-refractivity contribution in [2.45, 2.75) is 83.9 Å². The number of nitrogens with two attached hydrogens (primary N) is 1. The monoisotopic (exact) mass is 639 g/mol. The third-order valence-corrected chi connectivity index (χ3v) is 8.38. The first-order chi connectivity index (χ1) is 22.0. The lowest BCUT2D eigenvalue weighted by molar-refractivity contribution is -0.141. The molecule has 4 aliphatic rings. The number of esters is 1. The lowest BCUT2D eigenvalue weighted by Gasteiger charge is -2.35. The summed E-state index contributed by atoms with van der Waals surface area (Å²) in [4.78, 5) is 32.0. The lowest BCUT2D eigenvalue weighted by Crippen LogP contribution is -2.70. The molecule has 1 aromatic heterocycles. The SMILES string of the molecule is CCCOc1c2c(c(CO)c3c1C(=CCn1ccnc1N1CNC4C(=O)NC(N)NC41)C=C(C(=O)OCC)O3)OC(C(C)(C)O)C2. The minimum atomic E-state index is -1.18. The molecule has 0 bridgehead atoms. The molecule has 1 aromatic carbocycles. The summed E-state index contributed by atoms with van der Waals surface area (Å²) in [6.07, 6.45) is 6.37. The van der Waals surface area contributed by atoms with Crippen LogP contribution in [0.5, 0.6) is 17.2 Å². The number of aliphatic hydroxyl groups excluding tert-OH is 1. The van der Waals surface area contributed by atoms with Gasteiger partial charge in [-0.15, -0.1) is 0 Å². The van der Waals surface area contributed by atoms with E-state index in [9.17, 15) is 19.8 Å². The molecule has 248 valence electrons. The Hall–Kier alpha value is -4.15. The van der Waals surface area contributed by atoms with Crippen molar-refractivity contribution >= 4 is 23.4 Å². The van der Waals surface area contributed by atoms with Crippen LogP contribution in [-0.4, -0.2) is 81.7 Å². The van der Waals surface area contributed by atoms with Crippen molar-refractivity contribution in [3.63, 3.8) is 0 Å². The Balaban J connectivity index is 1.44. The number of hydrogen-bond donors (Lipinski definition) is 6. The summed E-state index contributed by atoms with van der Waals surface area (Å²) >= 11 is 0. The maximum Gasteiger partial charge on any atom is 0.374 e. The predicted octanol–water partition coefficient (Wildman–Crippen LogP) is 0.185. The van der Waals surface area contributed by atoms with Crippen LogP contribution >= 0.6 is 0 Å². The van der Waals surface area contributed by atoms with Crippen LogP contribution in [0.15, 0.2) is 30.3 Å². The van der Waals surface area contributed by atoms with Crippen LogP contribution in [0.1, 0.15) is 50.8 Å². The van der Waals surface area contributed by atoms with E-state index in [2.05, 4.69) is 20.9 Å². The third-order valence-electron chi connectivity index (χ3n) is 8.38. The number of aliphatic hydroxyl groups is 2. The van der Waals surface area contributed by atoms with Crippen molar-refractivity contribution in [3.8, 4) is 17.2 Å². The highest BCUT2D eigenvalue weighted by atomic mass is 16.6. The number of ether oxygens (including phenoxy) is 4. The van der Waals surface area contributed by atoms with E-state index in [0.717, 1.165) is 6.42 Å². The number of nitrogens with one attached hydrogen (secondary N) is 3. The fraction of sp³-hybridized carbons (Fsp3) is 0.516. The van der Waals surface area contributed by atoms with Gasteiger partial charge in [0.25, 0.3) is 0 Å². The molecule has 0 aliphatic carbocycles. The first kappa shape index (κ1) is 31.8. The second-order valence-electron chi connectivity index (χ2n) is 12.1. The largest absolute Gasteiger partial charge is 0.492 e. The molecular formula is C31H41N7O8. The summed E-state index contributed by atoms with van der Waals surface area (Å²) in [7, 11) is 0. The van der Waals surface area contributed by atoms with E-state index in [1.807, 2.05) is 28.7 Å². The number of amides is 1. The number of fused-ring (bicyclic) bond motifs is 3. The van der Waals surface area contributed by atoms with E-state index in [1.54, 1.807) is 33.0 Å². The van der Waals surface area contributed by atoms with Crippen LogP contribution in [-0.2, 0) is 33.9 Å². The summed E-state index contributed by atoms with van der Waals surface area (Å²) in [6, 6.07) is -0.507. The molecule has 1 amide bonds. The van der Waals surface area contributed by atoms with Crippen molar-refractivity contribution in [3.05, 3.63) is 47.0 Å². The highest BCUT2D eigenvalue weighted by Gasteiger charge is 2.45. The average Bonchev–Trinajstić information content (AvgIpc) is 3.76. The molecule has 4 atom stereocenters. The minimum absolute atomic E-state index is 0.0578. The number of nitrogens with zero attached hydrogens (tertiary/aromatic N) is 3. The van der Waals surface area contributed by atoms with Gasteiger partial charge in [-0.25, -0.2) is 9.78 Å². The Kier molecular flexibility index (Phi) is 8.69. The predicted molar refractivity (Wildman–Crippen MR) is 165 cm³/mol. The molecule has 4 aliphatic heterocycles. The summed E-state index contributed by atoms with van der Waals surface area (Å²) < 4.78 is 25.9. The maximum absolute atomic E-state index is 13.0. The second kappa shape index (κ2) is 12.6. The van der Waals surface area contributed by atoms with Crippen LogP contribution in [0, 0.1) is 0 Å². The fourth-order valence-corrected chi connectivity index (χ4v) is 6.15. The molecule has 4 unspecified atom stereocenters. The summed E-state index contributed by atoms with van der Waals surface area (Å²) in [5, 5.41) is 30.5. The summed E-state index contributed by atoms with van der Waals surface area (Å²) in [5.41, 5.74) is 7.04. The van der Waals surface area contributed by atoms with E-state index in [4.69, 9.17) is 24.7 Å². The molecule has 15 nitrogen and oxygen atoms in total. The number of hydrogen-bond acceptors (Lipinski definition) is 13. The number of carbonyl (C=O) groups excluding carboxylic acids is 2. The van der Waals surface area contributed by atoms with Gasteiger partial charge in [0, 0.05) is 30.9 Å². The molecule has 0 saturated carbocycles. The molecule has 15 heteroatoms. The molecule has 46 heavy (non-hydrogen) atoms. The highest BCUT2D eigenvalue weighted by Crippen LogP contribution is 2.53. The van der Waals surface area contributed by atoms with Crippen LogP contribution in [0.25, 0.3) is 5.57 Å². The van der Waals surface area contributed by atoms with Gasteiger partial charge in [0.15, 0.2) is 0 Å². The summed E-state index contributed by atoms with van der Waals surface area (Å²) in [6.45, 7) is 7.80. The van der Waals surface area contributed by atoms with E-state index in [1.165, 1.54) is 0 Å². The minimum Gasteiger partial charge on any atom is -0.492 e. The first-order valence-electron chi connectivity index (χ1n) is 15.5. The zero-order chi connectivity index (χ0) is 32.7. The first-order valence-corrected chi connectivity index (χ1v) is 15.5. The van der Waals surface area contributed by atoms with Gasteiger partial charge >= 0.3 is 5.97 Å². The van der Waals surface area contributed by atoms with Crippen LogP contribution in [0.2, 0.25) is 0 Å². The Morgan fingerprint density at radius 2 is 2.11 bits per heavy atom. The van der Waals surface area contributed by atoms with E-state index in [-0.39, 0.29) is 24.0 Å².